The number of allylic oxidation sites excluding steroid dienone is 1. The van der Waals surface area contributed by atoms with Crippen LogP contribution in [0.15, 0.2) is 35.2 Å². The number of hydrogen-bond donors (Lipinski definition) is 1. The van der Waals surface area contributed by atoms with E-state index in [1.807, 2.05) is 31.2 Å². The molecule has 0 saturated carbocycles. The first-order chi connectivity index (χ1) is 6.24. The van der Waals surface area contributed by atoms with Crippen molar-refractivity contribution in [2.24, 2.45) is 0 Å². The zero-order valence-corrected chi connectivity index (χ0v) is 9.03. The Morgan fingerprint density at radius 3 is 3.00 bits per heavy atom. The Labute approximate surface area is 88.0 Å². The lowest BCUT2D eigenvalue weighted by Crippen LogP contribution is -1.85. The minimum Gasteiger partial charge on any atom is -0.399 e. The number of anilines is 1. The molecule has 0 atom stereocenters. The van der Waals surface area contributed by atoms with Crippen molar-refractivity contribution in [3.05, 3.63) is 35.4 Å². The number of nitrogen functional groups attached to an aromatic ring is 1. The molecule has 0 spiro atoms. The van der Waals surface area contributed by atoms with Crippen molar-refractivity contribution < 1.29 is 0 Å². The van der Waals surface area contributed by atoms with Gasteiger partial charge < -0.3 is 5.73 Å². The van der Waals surface area contributed by atoms with Gasteiger partial charge in [0.15, 0.2) is 0 Å². The lowest BCUT2D eigenvalue weighted by Gasteiger charge is -2.02. The number of halogens is 1. The molecule has 1 rings (SSSR count). The van der Waals surface area contributed by atoms with Crippen LogP contribution in [0.2, 0.25) is 5.02 Å². The maximum Gasteiger partial charge on any atom is 0.0543 e. The number of thioether (sulfide) groups is 1. The molecule has 0 aliphatic rings. The summed E-state index contributed by atoms with van der Waals surface area (Å²) in [6.45, 7) is 2.00. The Morgan fingerprint density at radius 2 is 2.31 bits per heavy atom. The fourth-order valence-corrected chi connectivity index (χ4v) is 2.04. The minimum absolute atomic E-state index is 0.757. The van der Waals surface area contributed by atoms with Gasteiger partial charge in [-0.05, 0) is 25.1 Å². The first-order valence-corrected chi connectivity index (χ1v) is 5.39. The van der Waals surface area contributed by atoms with Crippen molar-refractivity contribution in [2.75, 3.05) is 11.5 Å². The summed E-state index contributed by atoms with van der Waals surface area (Å²) < 4.78 is 0. The minimum atomic E-state index is 0.757. The van der Waals surface area contributed by atoms with Gasteiger partial charge in [0.1, 0.15) is 0 Å². The normalized spacial score (nSPS) is 10.9. The molecular formula is C10H12ClNS. The van der Waals surface area contributed by atoms with E-state index in [-0.39, 0.29) is 0 Å². The maximum atomic E-state index is 5.97. The molecule has 1 aromatic rings. The molecule has 13 heavy (non-hydrogen) atoms. The predicted molar refractivity (Wildman–Crippen MR) is 61.4 cm³/mol. The monoisotopic (exact) mass is 213 g/mol. The van der Waals surface area contributed by atoms with E-state index in [4.69, 9.17) is 17.3 Å². The molecule has 0 aromatic heterocycles. The van der Waals surface area contributed by atoms with Crippen molar-refractivity contribution in [3.8, 4) is 0 Å². The first kappa shape index (κ1) is 10.5. The van der Waals surface area contributed by atoms with Crippen molar-refractivity contribution in [1.82, 2.24) is 0 Å². The lowest BCUT2D eigenvalue weighted by molar-refractivity contribution is 1.46. The molecule has 0 amide bonds. The molecule has 3 heteroatoms. The molecule has 0 saturated heterocycles. The van der Waals surface area contributed by atoms with E-state index in [9.17, 15) is 0 Å². The van der Waals surface area contributed by atoms with Crippen LogP contribution in [0.5, 0.6) is 0 Å². The first-order valence-electron chi connectivity index (χ1n) is 4.03. The third kappa shape index (κ3) is 3.33. The van der Waals surface area contributed by atoms with E-state index >= 15 is 0 Å². The highest BCUT2D eigenvalue weighted by molar-refractivity contribution is 7.99. The molecule has 2 N–H and O–H groups in total. The van der Waals surface area contributed by atoms with Gasteiger partial charge >= 0.3 is 0 Å². The molecule has 0 bridgehead atoms. The third-order valence-corrected chi connectivity index (χ3v) is 2.98. The largest absolute Gasteiger partial charge is 0.399 e. The van der Waals surface area contributed by atoms with Crippen LogP contribution >= 0.6 is 23.4 Å². The predicted octanol–water partition coefficient (Wildman–Crippen LogP) is 3.59. The number of benzene rings is 1. The highest BCUT2D eigenvalue weighted by Gasteiger charge is 1.99. The van der Waals surface area contributed by atoms with Crippen molar-refractivity contribution in [2.45, 2.75) is 11.8 Å². The van der Waals surface area contributed by atoms with Gasteiger partial charge in [-0.2, -0.15) is 0 Å². The van der Waals surface area contributed by atoms with E-state index in [1.165, 1.54) is 0 Å². The van der Waals surface area contributed by atoms with Gasteiger partial charge in [-0.3, -0.25) is 0 Å². The zero-order chi connectivity index (χ0) is 9.68. The third-order valence-electron chi connectivity index (χ3n) is 1.53. The standard InChI is InChI=1S/C10H12ClNS/c1-2-3-6-13-10-7-8(12)4-5-9(10)11/h2-5,7H,6,12H2,1H3. The average molecular weight is 214 g/mol. The molecule has 0 radical (unpaired) electrons. The van der Waals surface area contributed by atoms with E-state index < -0.39 is 0 Å². The van der Waals surface area contributed by atoms with Crippen LogP contribution in [0.1, 0.15) is 6.92 Å². The summed E-state index contributed by atoms with van der Waals surface area (Å²) in [7, 11) is 0. The highest BCUT2D eigenvalue weighted by atomic mass is 35.5. The lowest BCUT2D eigenvalue weighted by atomic mass is 10.3. The van der Waals surface area contributed by atoms with Gasteiger partial charge in [0, 0.05) is 16.3 Å². The second-order valence-electron chi connectivity index (χ2n) is 2.57. The van der Waals surface area contributed by atoms with E-state index in [0.717, 1.165) is 21.4 Å². The summed E-state index contributed by atoms with van der Waals surface area (Å²) in [4.78, 5) is 1.04. The van der Waals surface area contributed by atoms with Gasteiger partial charge in [-0.15, -0.1) is 11.8 Å². The smallest absolute Gasteiger partial charge is 0.0543 e. The number of hydrogen-bond acceptors (Lipinski definition) is 2. The summed E-state index contributed by atoms with van der Waals surface area (Å²) in [6.07, 6.45) is 4.11. The topological polar surface area (TPSA) is 26.0 Å². The van der Waals surface area contributed by atoms with Crippen molar-refractivity contribution in [3.63, 3.8) is 0 Å². The molecule has 70 valence electrons. The summed E-state index contributed by atoms with van der Waals surface area (Å²) in [6, 6.07) is 5.54. The van der Waals surface area contributed by atoms with E-state index in [0.29, 0.717) is 0 Å². The second kappa shape index (κ2) is 5.20. The fourth-order valence-electron chi connectivity index (χ4n) is 0.865. The van der Waals surface area contributed by atoms with Crippen molar-refractivity contribution >= 4 is 29.1 Å². The number of nitrogens with two attached hydrogens (primary N) is 1. The molecule has 1 nitrogen and oxygen atoms in total. The molecule has 0 aliphatic heterocycles. The van der Waals surface area contributed by atoms with Gasteiger partial charge in [-0.25, -0.2) is 0 Å². The Balaban J connectivity index is 2.69. The van der Waals surface area contributed by atoms with Crippen LogP contribution in [0.3, 0.4) is 0 Å². The van der Waals surface area contributed by atoms with E-state index in [2.05, 4.69) is 6.08 Å². The van der Waals surface area contributed by atoms with E-state index in [1.54, 1.807) is 11.8 Å². The van der Waals surface area contributed by atoms with Crippen LogP contribution in [0, 0.1) is 0 Å². The molecular weight excluding hydrogens is 202 g/mol. The van der Waals surface area contributed by atoms with Crippen LogP contribution in [-0.4, -0.2) is 5.75 Å². The zero-order valence-electron chi connectivity index (χ0n) is 7.46. The Bertz CT molecular complexity index is 310. The summed E-state index contributed by atoms with van der Waals surface area (Å²) >= 11 is 7.66. The van der Waals surface area contributed by atoms with Crippen LogP contribution in [0.4, 0.5) is 5.69 Å². The SMILES string of the molecule is CC=CCSc1cc(N)ccc1Cl. The Morgan fingerprint density at radius 1 is 1.54 bits per heavy atom. The molecule has 1 aromatic carbocycles. The quantitative estimate of drug-likeness (QED) is 0.472. The van der Waals surface area contributed by atoms with Gasteiger partial charge in [0.05, 0.1) is 5.02 Å². The average Bonchev–Trinajstić information content (AvgIpc) is 2.11. The maximum absolute atomic E-state index is 5.97. The molecule has 0 fully saturated rings. The van der Waals surface area contributed by atoms with Crippen LogP contribution in [-0.2, 0) is 0 Å². The summed E-state index contributed by atoms with van der Waals surface area (Å²) in [5.41, 5.74) is 6.40. The second-order valence-corrected chi connectivity index (χ2v) is 4.04. The Hall–Kier alpha value is -0.600. The van der Waals surface area contributed by atoms with Gasteiger partial charge in [-0.1, -0.05) is 23.8 Å². The van der Waals surface area contributed by atoms with Gasteiger partial charge in [0.2, 0.25) is 0 Å². The van der Waals surface area contributed by atoms with Crippen LogP contribution < -0.4 is 5.73 Å². The van der Waals surface area contributed by atoms with Gasteiger partial charge in [0.25, 0.3) is 0 Å². The highest BCUT2D eigenvalue weighted by Crippen LogP contribution is 2.28. The number of rotatable bonds is 3. The summed E-state index contributed by atoms with van der Waals surface area (Å²) in [5, 5.41) is 0.767. The summed E-state index contributed by atoms with van der Waals surface area (Å²) in [5.74, 6) is 0.930. The fraction of sp³-hybridized carbons (Fsp3) is 0.200. The Kier molecular flexibility index (Phi) is 4.19. The molecule has 0 aliphatic carbocycles. The molecule has 0 unspecified atom stereocenters. The van der Waals surface area contributed by atoms with Crippen LogP contribution in [0.25, 0.3) is 0 Å². The molecule has 0 heterocycles. The van der Waals surface area contributed by atoms with Crippen molar-refractivity contribution in [1.29, 1.82) is 0 Å².